The van der Waals surface area contributed by atoms with Crippen molar-refractivity contribution in [2.75, 3.05) is 11.9 Å². The van der Waals surface area contributed by atoms with Crippen LogP contribution in [0, 0.1) is 17.8 Å². The maximum absolute atomic E-state index is 13.0. The van der Waals surface area contributed by atoms with E-state index >= 15 is 0 Å². The predicted molar refractivity (Wildman–Crippen MR) is 125 cm³/mol. The molecule has 2 saturated carbocycles. The Hall–Kier alpha value is -3.12. The normalized spacial score (nSPS) is 23.2. The maximum Gasteiger partial charge on any atom is 0.339 e. The van der Waals surface area contributed by atoms with Crippen LogP contribution in [0.5, 0.6) is 5.75 Å². The van der Waals surface area contributed by atoms with Crippen LogP contribution in [0.3, 0.4) is 0 Å². The van der Waals surface area contributed by atoms with Gasteiger partial charge in [-0.25, -0.2) is 4.79 Å². The highest BCUT2D eigenvalue weighted by Crippen LogP contribution is 2.48. The minimum Gasteiger partial charge on any atom is -0.507 e. The Morgan fingerprint density at radius 2 is 1.78 bits per heavy atom. The van der Waals surface area contributed by atoms with E-state index in [1.807, 2.05) is 30.3 Å². The smallest absolute Gasteiger partial charge is 0.339 e. The number of hydrogen-bond acceptors (Lipinski definition) is 4. The van der Waals surface area contributed by atoms with E-state index < -0.39 is 5.97 Å². The van der Waals surface area contributed by atoms with Crippen LogP contribution in [-0.4, -0.2) is 34.7 Å². The average Bonchev–Trinajstić information content (AvgIpc) is 3.50. The number of benzene rings is 2. The van der Waals surface area contributed by atoms with E-state index in [1.54, 1.807) is 0 Å². The number of carboxylic acid groups (broad SMARTS) is 1. The Labute approximate surface area is 188 Å². The number of nitrogens with one attached hydrogen (secondary N) is 2. The summed E-state index contributed by atoms with van der Waals surface area (Å²) >= 11 is 0. The monoisotopic (exact) mass is 434 g/mol. The van der Waals surface area contributed by atoms with Crippen molar-refractivity contribution in [2.24, 2.45) is 17.8 Å². The van der Waals surface area contributed by atoms with E-state index in [0.717, 1.165) is 12.1 Å². The van der Waals surface area contributed by atoms with Crippen LogP contribution in [0.1, 0.15) is 48.0 Å². The zero-order chi connectivity index (χ0) is 22.5. The van der Waals surface area contributed by atoms with E-state index in [1.165, 1.54) is 50.3 Å². The number of carbonyl (C=O) groups excluding carboxylic acids is 1. The van der Waals surface area contributed by atoms with Crippen LogP contribution in [0.25, 0.3) is 6.08 Å². The summed E-state index contributed by atoms with van der Waals surface area (Å²) in [4.78, 5) is 24.1. The van der Waals surface area contributed by atoms with Gasteiger partial charge in [-0.2, -0.15) is 0 Å². The number of anilines is 1. The average molecular weight is 435 g/mol. The van der Waals surface area contributed by atoms with Crippen LogP contribution in [0.15, 0.2) is 54.6 Å². The number of aromatic carboxylic acids is 1. The van der Waals surface area contributed by atoms with E-state index in [0.29, 0.717) is 11.7 Å². The van der Waals surface area contributed by atoms with Gasteiger partial charge in [0.2, 0.25) is 5.91 Å². The van der Waals surface area contributed by atoms with Gasteiger partial charge in [-0.15, -0.1) is 0 Å². The first kappa shape index (κ1) is 22.1. The minimum absolute atomic E-state index is 0.106. The van der Waals surface area contributed by atoms with Crippen molar-refractivity contribution in [3.63, 3.8) is 0 Å². The van der Waals surface area contributed by atoms with Crippen molar-refractivity contribution in [1.29, 1.82) is 0 Å². The zero-order valence-electron chi connectivity index (χ0n) is 18.0. The topological polar surface area (TPSA) is 98.7 Å². The molecule has 2 fully saturated rings. The number of aromatic hydroxyl groups is 1. The van der Waals surface area contributed by atoms with Crippen LogP contribution >= 0.6 is 0 Å². The van der Waals surface area contributed by atoms with Gasteiger partial charge in [-0.3, -0.25) is 4.79 Å². The number of allylic oxidation sites excluding steroid dienone is 1. The first-order valence-electron chi connectivity index (χ1n) is 11.4. The molecule has 0 aliphatic heterocycles. The number of amides is 1. The van der Waals surface area contributed by atoms with Gasteiger partial charge in [0.1, 0.15) is 11.3 Å². The van der Waals surface area contributed by atoms with Gasteiger partial charge < -0.3 is 20.8 Å². The molecule has 0 aromatic heterocycles. The lowest BCUT2D eigenvalue weighted by atomic mass is 9.95. The molecule has 0 bridgehead atoms. The molecule has 168 valence electrons. The number of hydrogen-bond donors (Lipinski definition) is 4. The molecule has 32 heavy (non-hydrogen) atoms. The summed E-state index contributed by atoms with van der Waals surface area (Å²) in [6.07, 6.45) is 10.4. The second kappa shape index (κ2) is 10.0. The Morgan fingerprint density at radius 1 is 1.03 bits per heavy atom. The summed E-state index contributed by atoms with van der Waals surface area (Å²) in [6.45, 7) is 0.801. The predicted octanol–water partition coefficient (Wildman–Crippen LogP) is 4.53. The Morgan fingerprint density at radius 3 is 2.47 bits per heavy atom. The first-order chi connectivity index (χ1) is 15.5. The van der Waals surface area contributed by atoms with Crippen molar-refractivity contribution < 1.29 is 19.8 Å². The molecule has 0 unspecified atom stereocenters. The van der Waals surface area contributed by atoms with Crippen LogP contribution in [0.4, 0.5) is 5.69 Å². The van der Waals surface area contributed by atoms with Gasteiger partial charge in [-0.05, 0) is 48.9 Å². The van der Waals surface area contributed by atoms with Crippen molar-refractivity contribution in [1.82, 2.24) is 5.32 Å². The fraction of sp³-hybridized carbons (Fsp3) is 0.385. The Balaban J connectivity index is 1.42. The number of phenols is 1. The highest BCUT2D eigenvalue weighted by Gasteiger charge is 2.52. The fourth-order valence-corrected chi connectivity index (χ4v) is 4.71. The van der Waals surface area contributed by atoms with Gasteiger partial charge in [-0.1, -0.05) is 61.7 Å². The van der Waals surface area contributed by atoms with Crippen molar-refractivity contribution in [2.45, 2.75) is 38.1 Å². The summed E-state index contributed by atoms with van der Waals surface area (Å²) in [6, 6.07) is 14.7. The van der Waals surface area contributed by atoms with Gasteiger partial charge in [0.25, 0.3) is 0 Å². The minimum atomic E-state index is -1.21. The zero-order valence-corrected chi connectivity index (χ0v) is 18.0. The standard InChI is InChI=1S/C26H30N2O4/c29-23-15-19(12-14-21(23)26(31)32)28-25(30)24-20(13-11-17-7-3-1-4-8-17)22(24)16-27-18-9-5-2-6-10-18/h1,3-4,7-8,11-15,18,20,22,24,27,29H,2,5-6,9-10,16H2,(H,28,30)(H,31,32)/b13-11+/t20-,22-,24-/m0/s1. The summed E-state index contributed by atoms with van der Waals surface area (Å²) < 4.78 is 0. The summed E-state index contributed by atoms with van der Waals surface area (Å²) in [5.74, 6) is -1.48. The van der Waals surface area contributed by atoms with Crippen LogP contribution in [0.2, 0.25) is 0 Å². The molecule has 2 aliphatic rings. The molecule has 3 atom stereocenters. The van der Waals surface area contributed by atoms with Gasteiger partial charge in [0.15, 0.2) is 0 Å². The molecule has 1 amide bonds. The van der Waals surface area contributed by atoms with E-state index in [4.69, 9.17) is 5.11 Å². The van der Waals surface area contributed by atoms with E-state index in [9.17, 15) is 14.7 Å². The molecule has 2 aliphatic carbocycles. The van der Waals surface area contributed by atoms with Gasteiger partial charge >= 0.3 is 5.97 Å². The SMILES string of the molecule is O=C(O)c1ccc(NC(=O)[C@H]2[C@@H](/C=C/c3ccccc3)[C@@H]2CNC2CCCCC2)cc1O. The highest BCUT2D eigenvalue weighted by molar-refractivity contribution is 5.97. The summed E-state index contributed by atoms with van der Waals surface area (Å²) in [5.41, 5.74) is 1.31. The molecular weight excluding hydrogens is 404 g/mol. The first-order valence-corrected chi connectivity index (χ1v) is 11.4. The van der Waals surface area contributed by atoms with Crippen molar-refractivity contribution in [3.8, 4) is 5.75 Å². The maximum atomic E-state index is 13.0. The number of rotatable bonds is 8. The number of carbonyl (C=O) groups is 2. The van der Waals surface area contributed by atoms with Gasteiger partial charge in [0.05, 0.1) is 0 Å². The second-order valence-electron chi connectivity index (χ2n) is 8.81. The van der Waals surface area contributed by atoms with Crippen LogP contribution in [-0.2, 0) is 4.79 Å². The largest absolute Gasteiger partial charge is 0.507 e. The molecule has 2 aromatic rings. The highest BCUT2D eigenvalue weighted by atomic mass is 16.4. The summed E-state index contributed by atoms with van der Waals surface area (Å²) in [7, 11) is 0. The Bertz CT molecular complexity index is 983. The second-order valence-corrected chi connectivity index (χ2v) is 8.81. The molecule has 6 heteroatoms. The Kier molecular flexibility index (Phi) is 6.90. The summed E-state index contributed by atoms with van der Waals surface area (Å²) in [5, 5.41) is 25.5. The molecule has 0 spiro atoms. The van der Waals surface area contributed by atoms with E-state index in [2.05, 4.69) is 22.8 Å². The molecule has 4 rings (SSSR count). The number of carboxylic acids is 1. The van der Waals surface area contributed by atoms with Crippen molar-refractivity contribution in [3.05, 3.63) is 65.7 Å². The van der Waals surface area contributed by atoms with E-state index in [-0.39, 0.29) is 35.0 Å². The molecule has 6 nitrogen and oxygen atoms in total. The third-order valence-corrected chi connectivity index (χ3v) is 6.59. The third-order valence-electron chi connectivity index (χ3n) is 6.59. The van der Waals surface area contributed by atoms with Crippen LogP contribution < -0.4 is 10.6 Å². The lowest BCUT2D eigenvalue weighted by Gasteiger charge is -2.22. The lowest BCUT2D eigenvalue weighted by Crippen LogP contribution is -2.33. The molecular formula is C26H30N2O4. The molecule has 4 N–H and O–H groups in total. The van der Waals surface area contributed by atoms with Gasteiger partial charge in [0, 0.05) is 23.7 Å². The quantitative estimate of drug-likeness (QED) is 0.489. The molecule has 0 radical (unpaired) electrons. The molecule has 0 saturated heterocycles. The fourth-order valence-electron chi connectivity index (χ4n) is 4.71. The molecule has 2 aromatic carbocycles. The molecule has 0 heterocycles. The lowest BCUT2D eigenvalue weighted by molar-refractivity contribution is -0.117. The van der Waals surface area contributed by atoms with Crippen molar-refractivity contribution >= 4 is 23.6 Å². The third kappa shape index (κ3) is 5.37.